The van der Waals surface area contributed by atoms with Crippen LogP contribution in [0.2, 0.25) is 0 Å². The molecule has 0 bridgehead atoms. The minimum absolute atomic E-state index is 0.0985. The fraction of sp³-hybridized carbons (Fsp3) is 0.429. The number of rotatable bonds is 8. The van der Waals surface area contributed by atoms with E-state index >= 15 is 0 Å². The van der Waals surface area contributed by atoms with E-state index in [2.05, 4.69) is 15.9 Å². The summed E-state index contributed by atoms with van der Waals surface area (Å²) in [6.07, 6.45) is -2.11. The first-order valence-corrected chi connectivity index (χ1v) is 7.62. The number of hydrogen-bond donors (Lipinski definition) is 1. The highest BCUT2D eigenvalue weighted by Crippen LogP contribution is 2.40. The van der Waals surface area contributed by atoms with Gasteiger partial charge in [-0.05, 0) is 19.4 Å². The second-order valence-electron chi connectivity index (χ2n) is 4.71. The molecule has 1 aromatic rings. The number of carboxylic acids is 1. The van der Waals surface area contributed by atoms with E-state index in [-0.39, 0.29) is 5.75 Å². The number of benzene rings is 1. The number of ether oxygens (including phenoxy) is 3. The second kappa shape index (κ2) is 8.48. The number of nitro benzene ring substituents is 1. The number of halogens is 1. The smallest absolute Gasteiger partial charge is 0.359 e. The Balaban J connectivity index is 3.26. The highest BCUT2D eigenvalue weighted by atomic mass is 79.9. The highest BCUT2D eigenvalue weighted by molar-refractivity contribution is 9.10. The fourth-order valence-electron chi connectivity index (χ4n) is 1.62. The molecule has 0 amide bonds. The van der Waals surface area contributed by atoms with E-state index in [0.717, 1.165) is 6.07 Å². The van der Waals surface area contributed by atoms with Crippen molar-refractivity contribution in [3.8, 4) is 11.5 Å². The molecule has 0 aliphatic rings. The summed E-state index contributed by atoms with van der Waals surface area (Å²) in [5.41, 5.74) is -0.552. The SMILES string of the molecule is CCC(C)OC(=O)C(Oc1c(OC)cc(Br)cc1[N+](=O)[O-])C(=O)O. The number of nitrogens with zero attached hydrogens (tertiary/aromatic N) is 1. The third-order valence-electron chi connectivity index (χ3n) is 2.98. The average molecular weight is 406 g/mol. The Morgan fingerprint density at radius 3 is 2.50 bits per heavy atom. The zero-order valence-corrected chi connectivity index (χ0v) is 14.7. The van der Waals surface area contributed by atoms with E-state index in [1.54, 1.807) is 13.8 Å². The lowest BCUT2D eigenvalue weighted by Gasteiger charge is -2.18. The van der Waals surface area contributed by atoms with Gasteiger partial charge in [-0.25, -0.2) is 9.59 Å². The van der Waals surface area contributed by atoms with Crippen molar-refractivity contribution in [2.45, 2.75) is 32.5 Å². The minimum Gasteiger partial charge on any atom is -0.493 e. The number of nitro groups is 1. The molecule has 0 fully saturated rings. The van der Waals surface area contributed by atoms with Gasteiger partial charge in [0.1, 0.15) is 0 Å². The van der Waals surface area contributed by atoms with E-state index < -0.39 is 40.5 Å². The molecule has 0 spiro atoms. The summed E-state index contributed by atoms with van der Waals surface area (Å²) in [5, 5.41) is 20.4. The summed E-state index contributed by atoms with van der Waals surface area (Å²) < 4.78 is 15.3. The van der Waals surface area contributed by atoms with Gasteiger partial charge in [0.2, 0.25) is 5.75 Å². The van der Waals surface area contributed by atoms with Crippen molar-refractivity contribution in [2.24, 2.45) is 0 Å². The van der Waals surface area contributed by atoms with Gasteiger partial charge in [-0.2, -0.15) is 0 Å². The standard InChI is InChI=1S/C14H16BrNO8/c1-4-7(2)23-14(19)12(13(17)18)24-11-9(16(20)21)5-8(15)6-10(11)22-3/h5-7,12H,4H2,1-3H3,(H,17,18). The molecule has 1 aromatic carbocycles. The van der Waals surface area contributed by atoms with Crippen molar-refractivity contribution < 1.29 is 33.8 Å². The monoisotopic (exact) mass is 405 g/mol. The van der Waals surface area contributed by atoms with Crippen molar-refractivity contribution >= 4 is 33.6 Å². The molecule has 2 unspecified atom stereocenters. The fourth-order valence-corrected chi connectivity index (χ4v) is 2.05. The number of methoxy groups -OCH3 is 1. The lowest BCUT2D eigenvalue weighted by molar-refractivity contribution is -0.386. The van der Waals surface area contributed by atoms with Crippen LogP contribution in [0.3, 0.4) is 0 Å². The number of aliphatic carboxylic acids is 1. The van der Waals surface area contributed by atoms with Crippen molar-refractivity contribution in [1.82, 2.24) is 0 Å². The molecule has 0 aliphatic carbocycles. The number of carbonyl (C=O) groups excluding carboxylic acids is 1. The molecule has 0 saturated carbocycles. The second-order valence-corrected chi connectivity index (χ2v) is 5.62. The largest absolute Gasteiger partial charge is 0.493 e. The summed E-state index contributed by atoms with van der Waals surface area (Å²) in [7, 11) is 1.23. The van der Waals surface area contributed by atoms with Gasteiger partial charge in [0, 0.05) is 10.5 Å². The Hall–Kier alpha value is -2.36. The molecule has 9 nitrogen and oxygen atoms in total. The zero-order chi connectivity index (χ0) is 18.4. The Bertz CT molecular complexity index is 648. The van der Waals surface area contributed by atoms with Crippen molar-refractivity contribution in [3.63, 3.8) is 0 Å². The Morgan fingerprint density at radius 2 is 2.04 bits per heavy atom. The molecule has 0 heterocycles. The van der Waals surface area contributed by atoms with Crippen molar-refractivity contribution in [2.75, 3.05) is 7.11 Å². The third-order valence-corrected chi connectivity index (χ3v) is 3.44. The predicted octanol–water partition coefficient (Wildman–Crippen LogP) is 2.54. The van der Waals surface area contributed by atoms with E-state index in [9.17, 15) is 24.8 Å². The van der Waals surface area contributed by atoms with Crippen LogP contribution in [0.5, 0.6) is 11.5 Å². The van der Waals surface area contributed by atoms with Gasteiger partial charge in [0.15, 0.2) is 5.75 Å². The molecule has 0 aliphatic heterocycles. The predicted molar refractivity (Wildman–Crippen MR) is 85.2 cm³/mol. The molecule has 1 N–H and O–H groups in total. The number of esters is 1. The molecule has 0 aromatic heterocycles. The first kappa shape index (κ1) is 19.7. The Labute approximate surface area is 145 Å². The van der Waals surface area contributed by atoms with Gasteiger partial charge in [0.05, 0.1) is 18.1 Å². The summed E-state index contributed by atoms with van der Waals surface area (Å²) in [5.74, 6) is -3.36. The van der Waals surface area contributed by atoms with Crippen LogP contribution >= 0.6 is 15.9 Å². The van der Waals surface area contributed by atoms with Crippen LogP contribution in [0.1, 0.15) is 20.3 Å². The molecule has 10 heteroatoms. The molecule has 0 radical (unpaired) electrons. The van der Waals surface area contributed by atoms with Crippen LogP contribution in [0.25, 0.3) is 0 Å². The molecule has 0 saturated heterocycles. The van der Waals surface area contributed by atoms with Gasteiger partial charge in [-0.1, -0.05) is 22.9 Å². The normalized spacial score (nSPS) is 12.8. The Morgan fingerprint density at radius 1 is 1.42 bits per heavy atom. The number of carboxylic acid groups (broad SMARTS) is 1. The first-order chi connectivity index (χ1) is 11.2. The highest BCUT2D eigenvalue weighted by Gasteiger charge is 2.35. The third kappa shape index (κ3) is 4.82. The first-order valence-electron chi connectivity index (χ1n) is 6.83. The lowest BCUT2D eigenvalue weighted by atomic mass is 10.2. The molecule has 1 rings (SSSR count). The van der Waals surface area contributed by atoms with Crippen molar-refractivity contribution in [1.29, 1.82) is 0 Å². The van der Waals surface area contributed by atoms with Gasteiger partial charge >= 0.3 is 17.6 Å². The minimum atomic E-state index is -2.06. The summed E-state index contributed by atoms with van der Waals surface area (Å²) in [6, 6.07) is 2.46. The molecular weight excluding hydrogens is 390 g/mol. The maximum atomic E-state index is 12.0. The van der Waals surface area contributed by atoms with Gasteiger partial charge in [0.25, 0.3) is 6.10 Å². The van der Waals surface area contributed by atoms with Gasteiger partial charge in [-0.15, -0.1) is 0 Å². The molecular formula is C14H16BrNO8. The maximum Gasteiger partial charge on any atom is 0.359 e. The van der Waals surface area contributed by atoms with E-state index in [1.165, 1.54) is 13.2 Å². The van der Waals surface area contributed by atoms with E-state index in [0.29, 0.717) is 10.9 Å². The quantitative estimate of drug-likeness (QED) is 0.302. The number of carbonyl (C=O) groups is 2. The molecule has 132 valence electrons. The topological polar surface area (TPSA) is 125 Å². The van der Waals surface area contributed by atoms with E-state index in [1.807, 2.05) is 0 Å². The van der Waals surface area contributed by atoms with Crippen LogP contribution in [0, 0.1) is 10.1 Å². The average Bonchev–Trinajstić information content (AvgIpc) is 2.51. The van der Waals surface area contributed by atoms with Crippen LogP contribution in [-0.2, 0) is 14.3 Å². The summed E-state index contributed by atoms with van der Waals surface area (Å²) >= 11 is 3.07. The molecule has 24 heavy (non-hydrogen) atoms. The van der Waals surface area contributed by atoms with Crippen LogP contribution in [0.4, 0.5) is 5.69 Å². The Kier molecular flexibility index (Phi) is 6.96. The van der Waals surface area contributed by atoms with Crippen LogP contribution in [-0.4, -0.2) is 41.3 Å². The summed E-state index contributed by atoms with van der Waals surface area (Å²) in [6.45, 7) is 3.33. The lowest BCUT2D eigenvalue weighted by Crippen LogP contribution is -2.38. The van der Waals surface area contributed by atoms with Gasteiger partial charge in [-0.3, -0.25) is 10.1 Å². The van der Waals surface area contributed by atoms with E-state index in [4.69, 9.17) is 14.2 Å². The summed E-state index contributed by atoms with van der Waals surface area (Å²) in [4.78, 5) is 33.7. The zero-order valence-electron chi connectivity index (χ0n) is 13.1. The van der Waals surface area contributed by atoms with Crippen molar-refractivity contribution in [3.05, 3.63) is 26.7 Å². The molecule has 2 atom stereocenters. The number of hydrogen-bond acceptors (Lipinski definition) is 7. The van der Waals surface area contributed by atoms with Gasteiger partial charge < -0.3 is 19.3 Å². The van der Waals surface area contributed by atoms with Crippen LogP contribution < -0.4 is 9.47 Å². The van der Waals surface area contributed by atoms with Crippen LogP contribution in [0.15, 0.2) is 16.6 Å². The maximum absolute atomic E-state index is 12.0.